The molecule has 0 aromatic carbocycles. The molecule has 0 aromatic heterocycles. The van der Waals surface area contributed by atoms with E-state index in [-0.39, 0.29) is 6.61 Å². The molecule has 0 radical (unpaired) electrons. The largest absolute Gasteiger partial charge is 0.236 e. The van der Waals surface area contributed by atoms with Crippen LogP contribution in [0.25, 0.3) is 0 Å². The molecule has 2 heteroatoms. The van der Waals surface area contributed by atoms with Crippen LogP contribution in [-0.4, -0.2) is 13.2 Å². The molecule has 0 aliphatic carbocycles. The molecule has 0 rings (SSSR count). The van der Waals surface area contributed by atoms with Crippen molar-refractivity contribution in [1.29, 1.82) is 0 Å². The van der Waals surface area contributed by atoms with Gasteiger partial charge >= 0.3 is 0 Å². The second-order valence-corrected chi connectivity index (χ2v) is 0.873. The van der Waals surface area contributed by atoms with Crippen LogP contribution in [0.4, 0.5) is 0 Å². The van der Waals surface area contributed by atoms with E-state index in [0.29, 0.717) is 6.61 Å². The highest BCUT2D eigenvalue weighted by Crippen LogP contribution is 1.72. The van der Waals surface area contributed by atoms with Gasteiger partial charge in [-0.3, -0.25) is 0 Å². The summed E-state index contributed by atoms with van der Waals surface area (Å²) in [5.41, 5.74) is 0. The monoisotopic (exact) mass is 100 g/mol. The van der Waals surface area contributed by atoms with Crippen molar-refractivity contribution in [2.24, 2.45) is 0 Å². The molecule has 0 spiro atoms. The van der Waals surface area contributed by atoms with Crippen molar-refractivity contribution < 1.29 is 9.78 Å². The molecular weight excluding hydrogens is 92.1 g/mol. The molecule has 0 saturated carbocycles. The zero-order valence-corrected chi connectivity index (χ0v) is 4.31. The summed E-state index contributed by atoms with van der Waals surface area (Å²) < 4.78 is 0. The molecule has 0 aliphatic heterocycles. The Morgan fingerprint density at radius 2 is 2.29 bits per heavy atom. The van der Waals surface area contributed by atoms with Crippen LogP contribution in [0.3, 0.4) is 0 Å². The minimum Gasteiger partial charge on any atom is -0.236 e. The molecule has 0 amide bonds. The maximum atomic E-state index is 4.81. The van der Waals surface area contributed by atoms with Gasteiger partial charge in [-0.15, -0.1) is 6.42 Å². The van der Waals surface area contributed by atoms with Gasteiger partial charge in [-0.05, 0) is 6.92 Å². The lowest BCUT2D eigenvalue weighted by Crippen LogP contribution is -1.91. The lowest BCUT2D eigenvalue weighted by molar-refractivity contribution is -0.281. The first-order chi connectivity index (χ1) is 3.41. The van der Waals surface area contributed by atoms with Crippen LogP contribution in [-0.2, 0) is 9.78 Å². The minimum absolute atomic E-state index is 0.230. The summed E-state index contributed by atoms with van der Waals surface area (Å²) >= 11 is 0. The van der Waals surface area contributed by atoms with Crippen molar-refractivity contribution in [3.8, 4) is 12.3 Å². The van der Waals surface area contributed by atoms with Gasteiger partial charge in [0.15, 0.2) is 0 Å². The Labute approximate surface area is 43.4 Å². The van der Waals surface area contributed by atoms with Gasteiger partial charge in [-0.1, -0.05) is 5.92 Å². The molecule has 0 fully saturated rings. The summed E-state index contributed by atoms with van der Waals surface area (Å²) in [5.74, 6) is 2.26. The number of hydrogen-bond acceptors (Lipinski definition) is 2. The molecule has 0 aromatic rings. The number of hydrogen-bond donors (Lipinski definition) is 0. The van der Waals surface area contributed by atoms with E-state index in [4.69, 9.17) is 6.42 Å². The first kappa shape index (κ1) is 6.48. The van der Waals surface area contributed by atoms with Crippen molar-refractivity contribution in [3.63, 3.8) is 0 Å². The van der Waals surface area contributed by atoms with Crippen molar-refractivity contribution >= 4 is 0 Å². The molecule has 0 atom stereocenters. The van der Waals surface area contributed by atoms with E-state index in [0.717, 1.165) is 0 Å². The predicted molar refractivity (Wildman–Crippen MR) is 26.4 cm³/mol. The van der Waals surface area contributed by atoms with E-state index in [1.165, 1.54) is 0 Å². The zero-order chi connectivity index (χ0) is 5.54. The molecule has 0 heterocycles. The van der Waals surface area contributed by atoms with E-state index < -0.39 is 0 Å². The van der Waals surface area contributed by atoms with Gasteiger partial charge in [0.25, 0.3) is 0 Å². The van der Waals surface area contributed by atoms with Gasteiger partial charge < -0.3 is 0 Å². The second-order valence-electron chi connectivity index (χ2n) is 0.873. The summed E-state index contributed by atoms with van der Waals surface area (Å²) in [6.07, 6.45) is 4.81. The quantitative estimate of drug-likeness (QED) is 0.223. The van der Waals surface area contributed by atoms with Crippen LogP contribution in [0.15, 0.2) is 0 Å². The Morgan fingerprint density at radius 3 is 2.71 bits per heavy atom. The maximum absolute atomic E-state index is 4.81. The molecule has 0 N–H and O–H groups in total. The fraction of sp³-hybridized carbons (Fsp3) is 0.600. The van der Waals surface area contributed by atoms with Crippen LogP contribution in [0, 0.1) is 12.3 Å². The third-order valence-corrected chi connectivity index (χ3v) is 0.343. The molecule has 0 unspecified atom stereocenters. The Kier molecular flexibility index (Phi) is 5.07. The van der Waals surface area contributed by atoms with E-state index in [1.807, 2.05) is 6.92 Å². The van der Waals surface area contributed by atoms with E-state index in [9.17, 15) is 0 Å². The fourth-order valence-corrected chi connectivity index (χ4v) is 0.159. The van der Waals surface area contributed by atoms with Crippen molar-refractivity contribution in [1.82, 2.24) is 0 Å². The summed E-state index contributed by atoms with van der Waals surface area (Å²) in [7, 11) is 0. The summed E-state index contributed by atoms with van der Waals surface area (Å²) in [6, 6.07) is 0. The van der Waals surface area contributed by atoms with Crippen molar-refractivity contribution in [2.45, 2.75) is 6.92 Å². The Morgan fingerprint density at radius 1 is 1.57 bits per heavy atom. The van der Waals surface area contributed by atoms with E-state index in [2.05, 4.69) is 15.7 Å². The summed E-state index contributed by atoms with van der Waals surface area (Å²) in [4.78, 5) is 8.83. The van der Waals surface area contributed by atoms with Crippen LogP contribution < -0.4 is 0 Å². The highest BCUT2D eigenvalue weighted by molar-refractivity contribution is 4.81. The molecule has 0 bridgehead atoms. The molecular formula is C5H8O2. The summed E-state index contributed by atoms with van der Waals surface area (Å²) in [6.45, 7) is 2.60. The first-order valence-electron chi connectivity index (χ1n) is 2.09. The average Bonchev–Trinajstić information content (AvgIpc) is 1.69. The molecule has 0 aliphatic rings. The standard InChI is InChI=1S/C5H8O2/c1-3-5-7-6-4-2/h1H,4-5H2,2H3. The lowest BCUT2D eigenvalue weighted by Gasteiger charge is -1.91. The predicted octanol–water partition coefficient (Wildman–Crippen LogP) is 0.588. The topological polar surface area (TPSA) is 18.5 Å². The van der Waals surface area contributed by atoms with Crippen LogP contribution in [0.5, 0.6) is 0 Å². The highest BCUT2D eigenvalue weighted by atomic mass is 17.2. The highest BCUT2D eigenvalue weighted by Gasteiger charge is 1.74. The molecule has 0 saturated heterocycles. The number of terminal acetylenes is 1. The normalized spacial score (nSPS) is 8.00. The Bertz CT molecular complexity index is 63.0. The SMILES string of the molecule is C#CCOOCC. The van der Waals surface area contributed by atoms with Gasteiger partial charge in [0.2, 0.25) is 0 Å². The van der Waals surface area contributed by atoms with E-state index in [1.54, 1.807) is 0 Å². The van der Waals surface area contributed by atoms with Crippen LogP contribution >= 0.6 is 0 Å². The number of rotatable bonds is 3. The van der Waals surface area contributed by atoms with Crippen molar-refractivity contribution in [2.75, 3.05) is 13.2 Å². The van der Waals surface area contributed by atoms with Gasteiger partial charge in [0.05, 0.1) is 6.61 Å². The van der Waals surface area contributed by atoms with Crippen LogP contribution in [0.1, 0.15) is 6.92 Å². The van der Waals surface area contributed by atoms with Gasteiger partial charge in [0, 0.05) is 0 Å². The molecule has 7 heavy (non-hydrogen) atoms. The molecule has 2 nitrogen and oxygen atoms in total. The van der Waals surface area contributed by atoms with Gasteiger partial charge in [0.1, 0.15) is 6.61 Å². The first-order valence-corrected chi connectivity index (χ1v) is 2.09. The summed E-state index contributed by atoms with van der Waals surface area (Å²) in [5, 5.41) is 0. The maximum Gasteiger partial charge on any atom is 0.142 e. The third-order valence-electron chi connectivity index (χ3n) is 0.343. The molecule has 40 valence electrons. The Hall–Kier alpha value is -0.520. The lowest BCUT2D eigenvalue weighted by atomic mass is 10.8. The fourth-order valence-electron chi connectivity index (χ4n) is 0.159. The zero-order valence-electron chi connectivity index (χ0n) is 4.31. The van der Waals surface area contributed by atoms with Gasteiger partial charge in [-0.25, -0.2) is 9.78 Å². The smallest absolute Gasteiger partial charge is 0.142 e. The average molecular weight is 100 g/mol. The second kappa shape index (κ2) is 5.48. The third kappa shape index (κ3) is 5.48. The van der Waals surface area contributed by atoms with Gasteiger partial charge in [-0.2, -0.15) is 0 Å². The van der Waals surface area contributed by atoms with E-state index >= 15 is 0 Å². The minimum atomic E-state index is 0.230. The van der Waals surface area contributed by atoms with Crippen molar-refractivity contribution in [3.05, 3.63) is 0 Å². The Balaban J connectivity index is 2.60. The van der Waals surface area contributed by atoms with Crippen LogP contribution in [0.2, 0.25) is 0 Å².